The number of esters is 1. The van der Waals surface area contributed by atoms with E-state index in [9.17, 15) is 9.59 Å². The first kappa shape index (κ1) is 17.9. The van der Waals surface area contributed by atoms with E-state index in [1.165, 1.54) is 0 Å². The summed E-state index contributed by atoms with van der Waals surface area (Å²) in [6.45, 7) is 7.09. The quantitative estimate of drug-likeness (QED) is 0.463. The minimum atomic E-state index is -1.27. The third-order valence-electron chi connectivity index (χ3n) is 3.79. The molecule has 2 rings (SSSR count). The van der Waals surface area contributed by atoms with Crippen LogP contribution < -0.4 is 0 Å². The fourth-order valence-corrected chi connectivity index (χ4v) is 2.55. The summed E-state index contributed by atoms with van der Waals surface area (Å²) in [5.41, 5.74) is -0.473. The molecule has 126 valence electrons. The predicted molar refractivity (Wildman–Crippen MR) is 94.9 cm³/mol. The topological polar surface area (TPSA) is 43.4 Å². The van der Waals surface area contributed by atoms with Crippen LogP contribution in [-0.4, -0.2) is 17.4 Å². The highest BCUT2D eigenvalue weighted by atomic mass is 16.6. The lowest BCUT2D eigenvalue weighted by atomic mass is 9.77. The molecule has 0 bridgehead atoms. The van der Waals surface area contributed by atoms with Crippen LogP contribution in [0.25, 0.3) is 0 Å². The molecule has 0 saturated carbocycles. The number of carbonyl (C=O) groups is 2. The smallest absolute Gasteiger partial charge is 0.320 e. The van der Waals surface area contributed by atoms with E-state index in [0.717, 1.165) is 5.56 Å². The number of ether oxygens (including phenoxy) is 1. The standard InChI is InChI=1S/C21H24O3/c1-20(2,3)24-19(23)21(4,15-16-11-7-5-8-12-16)18(22)17-13-9-6-10-14-17/h5-14H,15H2,1-4H3/t21-/m0/s1. The van der Waals surface area contributed by atoms with Gasteiger partial charge in [-0.25, -0.2) is 0 Å². The van der Waals surface area contributed by atoms with Crippen LogP contribution in [0.15, 0.2) is 60.7 Å². The van der Waals surface area contributed by atoms with Crippen LogP contribution in [0.5, 0.6) is 0 Å². The second-order valence-corrected chi connectivity index (χ2v) is 7.19. The molecule has 0 aromatic heterocycles. The SMILES string of the molecule is CC(C)(C)OC(=O)[C@@](C)(Cc1ccccc1)C(=O)c1ccccc1. The normalized spacial score (nSPS) is 13.8. The summed E-state index contributed by atoms with van der Waals surface area (Å²) >= 11 is 0. The van der Waals surface area contributed by atoms with Crippen LogP contribution in [0.3, 0.4) is 0 Å². The molecule has 0 spiro atoms. The zero-order valence-corrected chi connectivity index (χ0v) is 14.7. The van der Waals surface area contributed by atoms with Gasteiger partial charge in [-0.3, -0.25) is 9.59 Å². The van der Waals surface area contributed by atoms with Crippen LogP contribution in [0.1, 0.15) is 43.6 Å². The van der Waals surface area contributed by atoms with Crippen molar-refractivity contribution < 1.29 is 14.3 Å². The molecule has 0 aliphatic heterocycles. The van der Waals surface area contributed by atoms with E-state index in [-0.39, 0.29) is 5.78 Å². The number of hydrogen-bond donors (Lipinski definition) is 0. The van der Waals surface area contributed by atoms with Gasteiger partial charge >= 0.3 is 5.97 Å². The molecule has 1 atom stereocenters. The van der Waals surface area contributed by atoms with E-state index in [1.54, 1.807) is 52.0 Å². The first-order chi connectivity index (χ1) is 11.2. The molecular formula is C21H24O3. The Kier molecular flexibility index (Phi) is 5.23. The molecule has 0 aliphatic carbocycles. The lowest BCUT2D eigenvalue weighted by molar-refractivity contribution is -0.163. The largest absolute Gasteiger partial charge is 0.459 e. The minimum Gasteiger partial charge on any atom is -0.459 e. The van der Waals surface area contributed by atoms with Crippen LogP contribution in [0.2, 0.25) is 0 Å². The van der Waals surface area contributed by atoms with E-state index >= 15 is 0 Å². The Labute approximate surface area is 143 Å². The van der Waals surface area contributed by atoms with Crippen molar-refractivity contribution in [3.05, 3.63) is 71.8 Å². The zero-order valence-electron chi connectivity index (χ0n) is 14.7. The van der Waals surface area contributed by atoms with E-state index in [2.05, 4.69) is 0 Å². The molecule has 2 aromatic rings. The van der Waals surface area contributed by atoms with Crippen LogP contribution in [0.4, 0.5) is 0 Å². The van der Waals surface area contributed by atoms with Gasteiger partial charge in [0.1, 0.15) is 11.0 Å². The van der Waals surface area contributed by atoms with Crippen molar-refractivity contribution in [1.29, 1.82) is 0 Å². The van der Waals surface area contributed by atoms with Gasteiger partial charge in [0.15, 0.2) is 5.78 Å². The molecule has 3 heteroatoms. The average molecular weight is 324 g/mol. The van der Waals surface area contributed by atoms with Crippen molar-refractivity contribution >= 4 is 11.8 Å². The molecule has 2 aromatic carbocycles. The Hall–Kier alpha value is -2.42. The van der Waals surface area contributed by atoms with Gasteiger partial charge in [-0.1, -0.05) is 60.7 Å². The number of rotatable bonds is 5. The maximum Gasteiger partial charge on any atom is 0.320 e. The lowest BCUT2D eigenvalue weighted by Gasteiger charge is -2.30. The molecule has 0 radical (unpaired) electrons. The molecule has 0 N–H and O–H groups in total. The van der Waals surface area contributed by atoms with Crippen molar-refractivity contribution in [2.24, 2.45) is 5.41 Å². The Balaban J connectivity index is 2.40. The van der Waals surface area contributed by atoms with Crippen molar-refractivity contribution in [3.63, 3.8) is 0 Å². The summed E-state index contributed by atoms with van der Waals surface area (Å²) in [6.07, 6.45) is 0.302. The molecule has 24 heavy (non-hydrogen) atoms. The van der Waals surface area contributed by atoms with Crippen molar-refractivity contribution in [3.8, 4) is 0 Å². The molecule has 0 amide bonds. The molecule has 0 unspecified atom stereocenters. The van der Waals surface area contributed by atoms with E-state index < -0.39 is 17.0 Å². The predicted octanol–water partition coefficient (Wildman–Crippen LogP) is 4.46. The molecule has 0 fully saturated rings. The van der Waals surface area contributed by atoms with Crippen molar-refractivity contribution in [2.75, 3.05) is 0 Å². The summed E-state index contributed by atoms with van der Waals surface area (Å²) in [5, 5.41) is 0. The molecule has 0 aliphatic rings. The summed E-state index contributed by atoms with van der Waals surface area (Å²) in [6, 6.07) is 18.5. The van der Waals surface area contributed by atoms with E-state index in [0.29, 0.717) is 12.0 Å². The third kappa shape index (κ3) is 4.31. The number of Topliss-reactive ketones (excluding diaryl/α,β-unsaturated/α-hetero) is 1. The molecule has 0 heterocycles. The first-order valence-corrected chi connectivity index (χ1v) is 8.09. The summed E-state index contributed by atoms with van der Waals surface area (Å²) in [4.78, 5) is 26.0. The van der Waals surface area contributed by atoms with Crippen LogP contribution in [-0.2, 0) is 16.0 Å². The Morgan fingerprint density at radius 1 is 0.833 bits per heavy atom. The average Bonchev–Trinajstić information content (AvgIpc) is 2.54. The summed E-state index contributed by atoms with van der Waals surface area (Å²) in [5.74, 6) is -0.714. The van der Waals surface area contributed by atoms with Gasteiger partial charge in [-0.15, -0.1) is 0 Å². The maximum absolute atomic E-state index is 13.1. The van der Waals surface area contributed by atoms with E-state index in [4.69, 9.17) is 4.74 Å². The summed E-state index contributed by atoms with van der Waals surface area (Å²) in [7, 11) is 0. The van der Waals surface area contributed by atoms with Crippen molar-refractivity contribution in [1.82, 2.24) is 0 Å². The minimum absolute atomic E-state index is 0.221. The fraction of sp³-hybridized carbons (Fsp3) is 0.333. The highest BCUT2D eigenvalue weighted by molar-refractivity contribution is 6.12. The monoisotopic (exact) mass is 324 g/mol. The van der Waals surface area contributed by atoms with Gasteiger partial charge in [0, 0.05) is 5.56 Å². The Bertz CT molecular complexity index is 699. The summed E-state index contributed by atoms with van der Waals surface area (Å²) < 4.78 is 5.56. The lowest BCUT2D eigenvalue weighted by Crippen LogP contribution is -2.43. The molecule has 0 saturated heterocycles. The number of carbonyl (C=O) groups excluding carboxylic acids is 2. The van der Waals surface area contributed by atoms with Gasteiger partial charge in [0.2, 0.25) is 0 Å². The maximum atomic E-state index is 13.1. The van der Waals surface area contributed by atoms with Crippen LogP contribution >= 0.6 is 0 Å². The fourth-order valence-electron chi connectivity index (χ4n) is 2.55. The first-order valence-electron chi connectivity index (χ1n) is 8.09. The highest BCUT2D eigenvalue weighted by Crippen LogP contribution is 2.31. The molecule has 3 nitrogen and oxygen atoms in total. The van der Waals surface area contributed by atoms with Crippen LogP contribution in [0, 0.1) is 5.41 Å². The van der Waals surface area contributed by atoms with Crippen molar-refractivity contribution in [2.45, 2.75) is 39.7 Å². The third-order valence-corrected chi connectivity index (χ3v) is 3.79. The number of ketones is 1. The molecular weight excluding hydrogens is 300 g/mol. The Morgan fingerprint density at radius 3 is 1.83 bits per heavy atom. The van der Waals surface area contributed by atoms with Gasteiger partial charge in [-0.05, 0) is 39.7 Å². The van der Waals surface area contributed by atoms with Gasteiger partial charge in [0.05, 0.1) is 0 Å². The van der Waals surface area contributed by atoms with Gasteiger partial charge in [0.25, 0.3) is 0 Å². The van der Waals surface area contributed by atoms with Gasteiger partial charge < -0.3 is 4.74 Å². The Morgan fingerprint density at radius 2 is 1.33 bits per heavy atom. The highest BCUT2D eigenvalue weighted by Gasteiger charge is 2.44. The second kappa shape index (κ2) is 7.00. The second-order valence-electron chi connectivity index (χ2n) is 7.19. The van der Waals surface area contributed by atoms with E-state index in [1.807, 2.05) is 36.4 Å². The zero-order chi connectivity index (χ0) is 17.8. The number of hydrogen-bond acceptors (Lipinski definition) is 3. The number of benzene rings is 2. The van der Waals surface area contributed by atoms with Gasteiger partial charge in [-0.2, -0.15) is 0 Å².